The van der Waals surface area contributed by atoms with E-state index in [0.717, 1.165) is 6.07 Å². The van der Waals surface area contributed by atoms with Gasteiger partial charge >= 0.3 is 5.97 Å². The van der Waals surface area contributed by atoms with Crippen molar-refractivity contribution in [2.75, 3.05) is 0 Å². The summed E-state index contributed by atoms with van der Waals surface area (Å²) in [7, 11) is 0. The lowest BCUT2D eigenvalue weighted by molar-refractivity contribution is 0.0691. The molecule has 0 amide bonds. The number of halogens is 1. The highest BCUT2D eigenvalue weighted by atomic mass is 19.1. The molecule has 1 aromatic carbocycles. The minimum atomic E-state index is -1.42. The van der Waals surface area contributed by atoms with Gasteiger partial charge in [0.1, 0.15) is 17.4 Å². The molecule has 0 aliphatic carbocycles. The first-order valence-corrected chi connectivity index (χ1v) is 3.50. The third-order valence-electron chi connectivity index (χ3n) is 1.57. The largest absolute Gasteiger partial charge is 0.478 e. The molecule has 1 rings (SSSR count). The Kier molecular flexibility index (Phi) is 2.29. The molecule has 0 heterocycles. The lowest BCUT2D eigenvalue weighted by Gasteiger charge is -2.01. The van der Waals surface area contributed by atoms with Crippen LogP contribution in [0.3, 0.4) is 0 Å². The number of nitrogens with zero attached hydrogens (tertiary/aromatic N) is 1. The smallest absolute Gasteiger partial charge is 0.340 e. The van der Waals surface area contributed by atoms with Crippen LogP contribution in [0.25, 0.3) is 0 Å². The van der Waals surface area contributed by atoms with Crippen molar-refractivity contribution >= 4 is 5.97 Å². The molecule has 0 radical (unpaired) electrons. The summed E-state index contributed by atoms with van der Waals surface area (Å²) in [5, 5.41) is 17.1. The van der Waals surface area contributed by atoms with Gasteiger partial charge in [0.2, 0.25) is 0 Å². The van der Waals surface area contributed by atoms with Crippen LogP contribution >= 0.6 is 0 Å². The van der Waals surface area contributed by atoms with E-state index in [2.05, 4.69) is 0 Å². The lowest BCUT2D eigenvalue weighted by Crippen LogP contribution is -2.04. The zero-order valence-corrected chi connectivity index (χ0v) is 6.84. The second-order valence-electron chi connectivity index (χ2n) is 2.59. The van der Waals surface area contributed by atoms with Crippen molar-refractivity contribution in [2.45, 2.75) is 6.92 Å². The van der Waals surface area contributed by atoms with Crippen LogP contribution in [-0.4, -0.2) is 11.1 Å². The van der Waals surface area contributed by atoms with Crippen molar-refractivity contribution in [1.29, 1.82) is 5.26 Å². The molecule has 0 bridgehead atoms. The summed E-state index contributed by atoms with van der Waals surface area (Å²) in [6, 6.07) is 4.07. The molecule has 3 nitrogen and oxygen atoms in total. The van der Waals surface area contributed by atoms with Crippen LogP contribution in [0, 0.1) is 24.1 Å². The second-order valence-corrected chi connectivity index (χ2v) is 2.59. The first-order chi connectivity index (χ1) is 6.06. The van der Waals surface area contributed by atoms with Crippen LogP contribution in [0.2, 0.25) is 0 Å². The summed E-state index contributed by atoms with van der Waals surface area (Å²) in [6.07, 6.45) is 0. The predicted molar refractivity (Wildman–Crippen MR) is 42.8 cm³/mol. The van der Waals surface area contributed by atoms with Gasteiger partial charge in [-0.15, -0.1) is 0 Å². The van der Waals surface area contributed by atoms with Crippen LogP contribution in [0.1, 0.15) is 21.5 Å². The Hall–Kier alpha value is -1.89. The van der Waals surface area contributed by atoms with Gasteiger partial charge in [0.15, 0.2) is 0 Å². The molecule has 0 aliphatic heterocycles. The van der Waals surface area contributed by atoms with Gasteiger partial charge in [-0.05, 0) is 24.6 Å². The van der Waals surface area contributed by atoms with Crippen LogP contribution < -0.4 is 0 Å². The maximum atomic E-state index is 13.0. The van der Waals surface area contributed by atoms with E-state index in [1.54, 1.807) is 13.0 Å². The monoisotopic (exact) mass is 179 g/mol. The predicted octanol–water partition coefficient (Wildman–Crippen LogP) is 1.70. The molecule has 1 N–H and O–H groups in total. The van der Waals surface area contributed by atoms with Crippen LogP contribution in [0.4, 0.5) is 4.39 Å². The zero-order valence-electron chi connectivity index (χ0n) is 6.84. The SMILES string of the molecule is Cc1cc(F)c(C(=O)O)c(C#N)c1. The van der Waals surface area contributed by atoms with E-state index in [1.807, 2.05) is 0 Å². The summed E-state index contributed by atoms with van der Waals surface area (Å²) < 4.78 is 13.0. The van der Waals surface area contributed by atoms with Crippen molar-refractivity contribution in [3.8, 4) is 6.07 Å². The van der Waals surface area contributed by atoms with E-state index in [9.17, 15) is 9.18 Å². The van der Waals surface area contributed by atoms with E-state index < -0.39 is 17.3 Å². The summed E-state index contributed by atoms with van der Waals surface area (Å²) >= 11 is 0. The first kappa shape index (κ1) is 9.20. The van der Waals surface area contributed by atoms with Crippen LogP contribution in [0.15, 0.2) is 12.1 Å². The zero-order chi connectivity index (χ0) is 10.0. The quantitative estimate of drug-likeness (QED) is 0.713. The molecular formula is C9H6FNO2. The molecule has 0 fully saturated rings. The molecule has 0 aromatic heterocycles. The Labute approximate surface area is 74.0 Å². The Morgan fingerprint density at radius 2 is 2.23 bits per heavy atom. The molecule has 0 unspecified atom stereocenters. The number of nitriles is 1. The summed E-state index contributed by atoms with van der Waals surface area (Å²) in [5.74, 6) is -2.29. The second kappa shape index (κ2) is 3.23. The maximum absolute atomic E-state index is 13.0. The van der Waals surface area contributed by atoms with Crippen molar-refractivity contribution in [3.63, 3.8) is 0 Å². The number of carboxylic acids is 1. The highest BCUT2D eigenvalue weighted by molar-refractivity contribution is 5.91. The van der Waals surface area contributed by atoms with Gasteiger partial charge < -0.3 is 5.11 Å². The Morgan fingerprint density at radius 3 is 2.69 bits per heavy atom. The van der Waals surface area contributed by atoms with Gasteiger partial charge in [0.25, 0.3) is 0 Å². The Balaban J connectivity index is 3.50. The average Bonchev–Trinajstić information content (AvgIpc) is 2.01. The lowest BCUT2D eigenvalue weighted by atomic mass is 10.1. The number of carbonyl (C=O) groups is 1. The highest BCUT2D eigenvalue weighted by Crippen LogP contribution is 2.15. The third-order valence-corrected chi connectivity index (χ3v) is 1.57. The number of hydrogen-bond acceptors (Lipinski definition) is 2. The van der Waals surface area contributed by atoms with Crippen molar-refractivity contribution in [3.05, 3.63) is 34.6 Å². The van der Waals surface area contributed by atoms with Crippen molar-refractivity contribution in [1.82, 2.24) is 0 Å². The minimum Gasteiger partial charge on any atom is -0.478 e. The molecule has 1 aromatic rings. The number of aryl methyl sites for hydroxylation is 1. The van der Waals surface area contributed by atoms with Crippen LogP contribution in [-0.2, 0) is 0 Å². The topological polar surface area (TPSA) is 61.1 Å². The number of benzene rings is 1. The number of aromatic carboxylic acids is 1. The molecule has 13 heavy (non-hydrogen) atoms. The molecule has 0 atom stereocenters. The molecule has 0 saturated carbocycles. The van der Waals surface area contributed by atoms with Gasteiger partial charge in [-0.3, -0.25) is 0 Å². The molecular weight excluding hydrogens is 173 g/mol. The fourth-order valence-corrected chi connectivity index (χ4v) is 1.05. The maximum Gasteiger partial charge on any atom is 0.340 e. The van der Waals surface area contributed by atoms with Crippen molar-refractivity contribution in [2.24, 2.45) is 0 Å². The van der Waals surface area contributed by atoms with E-state index in [1.165, 1.54) is 6.07 Å². The Morgan fingerprint density at radius 1 is 1.62 bits per heavy atom. The fraction of sp³-hybridized carbons (Fsp3) is 0.111. The Bertz CT molecular complexity index is 407. The summed E-state index contributed by atoms with van der Waals surface area (Å²) in [4.78, 5) is 10.5. The fourth-order valence-electron chi connectivity index (χ4n) is 1.05. The minimum absolute atomic E-state index is 0.148. The van der Waals surface area contributed by atoms with E-state index in [-0.39, 0.29) is 5.56 Å². The van der Waals surface area contributed by atoms with Gasteiger partial charge in [-0.25, -0.2) is 9.18 Å². The van der Waals surface area contributed by atoms with Crippen molar-refractivity contribution < 1.29 is 14.3 Å². The van der Waals surface area contributed by atoms with Crippen LogP contribution in [0.5, 0.6) is 0 Å². The highest BCUT2D eigenvalue weighted by Gasteiger charge is 2.15. The van der Waals surface area contributed by atoms with Gasteiger partial charge in [0.05, 0.1) is 5.56 Å². The van der Waals surface area contributed by atoms with Gasteiger partial charge in [-0.2, -0.15) is 5.26 Å². The third kappa shape index (κ3) is 1.64. The van der Waals surface area contributed by atoms with Gasteiger partial charge in [0, 0.05) is 0 Å². The first-order valence-electron chi connectivity index (χ1n) is 3.50. The number of hydrogen-bond donors (Lipinski definition) is 1. The van der Waals surface area contributed by atoms with E-state index in [4.69, 9.17) is 10.4 Å². The number of rotatable bonds is 1. The standard InChI is InChI=1S/C9H6FNO2/c1-5-2-6(4-11)8(9(12)13)7(10)3-5/h2-3H,1H3,(H,12,13). The molecule has 0 aliphatic rings. The van der Waals surface area contributed by atoms with E-state index in [0.29, 0.717) is 5.56 Å². The average molecular weight is 179 g/mol. The molecule has 4 heteroatoms. The van der Waals surface area contributed by atoms with E-state index >= 15 is 0 Å². The molecule has 66 valence electrons. The molecule has 0 saturated heterocycles. The summed E-state index contributed by atoms with van der Waals surface area (Å²) in [6.45, 7) is 1.59. The molecule has 0 spiro atoms. The number of carboxylic acid groups (broad SMARTS) is 1. The normalized spacial score (nSPS) is 9.31. The van der Waals surface area contributed by atoms with Gasteiger partial charge in [-0.1, -0.05) is 0 Å². The summed E-state index contributed by atoms with van der Waals surface area (Å²) in [5.41, 5.74) is -0.183.